The van der Waals surface area contributed by atoms with Crippen LogP contribution in [0.3, 0.4) is 0 Å². The second-order valence-electron chi connectivity index (χ2n) is 7.85. The molecule has 2 heteroatoms. The van der Waals surface area contributed by atoms with Gasteiger partial charge in [-0.25, -0.2) is 0 Å². The molecule has 7 aromatic rings. The van der Waals surface area contributed by atoms with E-state index in [-0.39, 0.29) is 0 Å². The molecule has 0 radical (unpaired) electrons. The summed E-state index contributed by atoms with van der Waals surface area (Å²) in [5.74, 6) is 0. The van der Waals surface area contributed by atoms with E-state index in [1.807, 2.05) is 12.1 Å². The summed E-state index contributed by atoms with van der Waals surface area (Å²) in [7, 11) is 0. The summed E-state index contributed by atoms with van der Waals surface area (Å²) in [4.78, 5) is 0. The Balaban J connectivity index is 1.73. The van der Waals surface area contributed by atoms with Crippen LogP contribution in [0.4, 0.5) is 0 Å². The molecule has 2 heterocycles. The van der Waals surface area contributed by atoms with Crippen molar-refractivity contribution in [3.05, 3.63) is 103 Å². The van der Waals surface area contributed by atoms with E-state index in [4.69, 9.17) is 4.42 Å². The fraction of sp³-hybridized carbons (Fsp3) is 0. The van der Waals surface area contributed by atoms with E-state index in [1.54, 1.807) is 0 Å². The average Bonchev–Trinajstić information content (AvgIpc) is 3.31. The van der Waals surface area contributed by atoms with Crippen LogP contribution in [0, 0.1) is 0 Å². The van der Waals surface area contributed by atoms with Gasteiger partial charge in [0.15, 0.2) is 0 Å². The Morgan fingerprint density at radius 2 is 1.13 bits per heavy atom. The predicted molar refractivity (Wildman–Crippen MR) is 126 cm³/mol. The van der Waals surface area contributed by atoms with Gasteiger partial charge in [0.2, 0.25) is 0 Å². The van der Waals surface area contributed by atoms with Gasteiger partial charge in [0.05, 0.1) is 11.0 Å². The van der Waals surface area contributed by atoms with Gasteiger partial charge >= 0.3 is 0 Å². The maximum atomic E-state index is 6.20. The van der Waals surface area contributed by atoms with E-state index in [2.05, 4.69) is 95.6 Å². The molecule has 0 unspecified atom stereocenters. The first-order valence-corrected chi connectivity index (χ1v) is 10.2. The quantitative estimate of drug-likeness (QED) is 0.282. The van der Waals surface area contributed by atoms with Gasteiger partial charge in [0, 0.05) is 27.2 Å². The van der Waals surface area contributed by atoms with Gasteiger partial charge in [-0.1, -0.05) is 60.7 Å². The normalized spacial score (nSPS) is 12.0. The highest BCUT2D eigenvalue weighted by molar-refractivity contribution is 6.19. The Morgan fingerprint density at radius 1 is 0.467 bits per heavy atom. The second-order valence-corrected chi connectivity index (χ2v) is 7.85. The van der Waals surface area contributed by atoms with Crippen molar-refractivity contribution in [1.29, 1.82) is 0 Å². The number of furan rings is 1. The van der Waals surface area contributed by atoms with Crippen molar-refractivity contribution in [3.63, 3.8) is 0 Å². The second kappa shape index (κ2) is 5.74. The number of benzene rings is 5. The van der Waals surface area contributed by atoms with Crippen molar-refractivity contribution in [2.24, 2.45) is 0 Å². The van der Waals surface area contributed by atoms with Crippen molar-refractivity contribution in [2.45, 2.75) is 0 Å². The van der Waals surface area contributed by atoms with E-state index < -0.39 is 0 Å². The van der Waals surface area contributed by atoms with Gasteiger partial charge in [-0.2, -0.15) is 0 Å². The molecule has 0 aliphatic rings. The minimum Gasteiger partial charge on any atom is -0.456 e. The molecule has 0 aliphatic carbocycles. The zero-order valence-electron chi connectivity index (χ0n) is 16.2. The lowest BCUT2D eigenvalue weighted by atomic mass is 10.1. The molecule has 2 nitrogen and oxygen atoms in total. The number of nitrogens with zero attached hydrogens (tertiary/aromatic N) is 1. The lowest BCUT2D eigenvalue weighted by Crippen LogP contribution is -1.93. The maximum Gasteiger partial charge on any atom is 0.136 e. The third kappa shape index (κ3) is 2.08. The Morgan fingerprint density at radius 3 is 2.00 bits per heavy atom. The van der Waals surface area contributed by atoms with Gasteiger partial charge in [-0.15, -0.1) is 0 Å². The number of fused-ring (bicyclic) bond motifs is 7. The van der Waals surface area contributed by atoms with E-state index in [0.29, 0.717) is 0 Å². The molecule has 0 atom stereocenters. The number of rotatable bonds is 1. The van der Waals surface area contributed by atoms with Crippen LogP contribution in [0.25, 0.3) is 60.2 Å². The third-order valence-electron chi connectivity index (χ3n) is 6.15. The van der Waals surface area contributed by atoms with Gasteiger partial charge < -0.3 is 8.98 Å². The smallest absolute Gasteiger partial charge is 0.136 e. The molecule has 0 bridgehead atoms. The van der Waals surface area contributed by atoms with Gasteiger partial charge in [0.1, 0.15) is 11.2 Å². The lowest BCUT2D eigenvalue weighted by Gasteiger charge is -2.08. The Kier molecular flexibility index (Phi) is 3.03. The molecule has 2 aromatic heterocycles. The molecular weight excluding hydrogens is 366 g/mol. The number of hydrogen-bond donors (Lipinski definition) is 0. The number of para-hydroxylation sites is 2. The summed E-state index contributed by atoms with van der Waals surface area (Å²) in [6, 6.07) is 36.5. The molecule has 0 saturated carbocycles. The minimum absolute atomic E-state index is 0.932. The first-order chi connectivity index (χ1) is 14.9. The Hall–Kier alpha value is -4.04. The molecule has 0 aliphatic heterocycles. The summed E-state index contributed by atoms with van der Waals surface area (Å²) >= 11 is 0. The molecule has 140 valence electrons. The molecule has 0 N–H and O–H groups in total. The third-order valence-corrected chi connectivity index (χ3v) is 6.15. The first kappa shape index (κ1) is 15.8. The molecule has 0 spiro atoms. The Bertz CT molecular complexity index is 1740. The fourth-order valence-corrected chi connectivity index (χ4v) is 4.77. The monoisotopic (exact) mass is 383 g/mol. The molecular formula is C28H17NO. The SMILES string of the molecule is c1ccc(-n2c3cc4ccccc4cc3c3cc4oc5ccccc5c4cc32)cc1. The summed E-state index contributed by atoms with van der Waals surface area (Å²) in [5.41, 5.74) is 5.45. The van der Waals surface area contributed by atoms with Crippen LogP contribution < -0.4 is 0 Å². The standard InChI is InChI=1S/C28H17NO/c1-2-10-20(11-3-1)29-25-15-19-9-5-4-8-18(19)14-22(25)23-17-28-24(16-26(23)29)21-12-6-7-13-27(21)30-28/h1-17H. The highest BCUT2D eigenvalue weighted by Crippen LogP contribution is 2.39. The molecule has 30 heavy (non-hydrogen) atoms. The van der Waals surface area contributed by atoms with Crippen molar-refractivity contribution >= 4 is 54.5 Å². The molecule has 5 aromatic carbocycles. The van der Waals surface area contributed by atoms with Crippen LogP contribution in [-0.2, 0) is 0 Å². The molecule has 7 rings (SSSR count). The Labute approximate surface area is 172 Å². The number of aromatic nitrogens is 1. The van der Waals surface area contributed by atoms with Crippen molar-refractivity contribution in [2.75, 3.05) is 0 Å². The maximum absolute atomic E-state index is 6.20. The largest absolute Gasteiger partial charge is 0.456 e. The van der Waals surface area contributed by atoms with Gasteiger partial charge in [-0.05, 0) is 53.2 Å². The summed E-state index contributed by atoms with van der Waals surface area (Å²) in [6.45, 7) is 0. The highest BCUT2D eigenvalue weighted by Gasteiger charge is 2.16. The van der Waals surface area contributed by atoms with E-state index in [0.717, 1.165) is 21.9 Å². The molecule has 0 saturated heterocycles. The van der Waals surface area contributed by atoms with Gasteiger partial charge in [-0.3, -0.25) is 0 Å². The minimum atomic E-state index is 0.932. The van der Waals surface area contributed by atoms with Crippen molar-refractivity contribution < 1.29 is 4.42 Å². The zero-order valence-corrected chi connectivity index (χ0v) is 16.2. The topological polar surface area (TPSA) is 18.1 Å². The van der Waals surface area contributed by atoms with E-state index >= 15 is 0 Å². The fourth-order valence-electron chi connectivity index (χ4n) is 4.77. The van der Waals surface area contributed by atoms with Crippen molar-refractivity contribution in [1.82, 2.24) is 4.57 Å². The number of hydrogen-bond acceptors (Lipinski definition) is 1. The van der Waals surface area contributed by atoms with Crippen LogP contribution in [0.15, 0.2) is 108 Å². The first-order valence-electron chi connectivity index (χ1n) is 10.2. The van der Waals surface area contributed by atoms with Crippen LogP contribution >= 0.6 is 0 Å². The summed E-state index contributed by atoms with van der Waals surface area (Å²) in [6.07, 6.45) is 0. The van der Waals surface area contributed by atoms with Crippen LogP contribution in [0.1, 0.15) is 0 Å². The zero-order chi connectivity index (χ0) is 19.7. The molecule has 0 amide bonds. The van der Waals surface area contributed by atoms with E-state index in [1.165, 1.54) is 38.3 Å². The van der Waals surface area contributed by atoms with E-state index in [9.17, 15) is 0 Å². The van der Waals surface area contributed by atoms with Crippen molar-refractivity contribution in [3.8, 4) is 5.69 Å². The van der Waals surface area contributed by atoms with Crippen LogP contribution in [0.2, 0.25) is 0 Å². The van der Waals surface area contributed by atoms with Gasteiger partial charge in [0.25, 0.3) is 0 Å². The summed E-state index contributed by atoms with van der Waals surface area (Å²) in [5, 5.41) is 7.27. The highest BCUT2D eigenvalue weighted by atomic mass is 16.3. The average molecular weight is 383 g/mol. The van der Waals surface area contributed by atoms with Crippen LogP contribution in [0.5, 0.6) is 0 Å². The molecule has 0 fully saturated rings. The summed E-state index contributed by atoms with van der Waals surface area (Å²) < 4.78 is 8.58. The van der Waals surface area contributed by atoms with Crippen LogP contribution in [-0.4, -0.2) is 4.57 Å². The lowest BCUT2D eigenvalue weighted by molar-refractivity contribution is 0.669. The predicted octanol–water partition coefficient (Wildman–Crippen LogP) is 7.84.